The predicted molar refractivity (Wildman–Crippen MR) is 240 cm³/mol. The normalized spacial score (nSPS) is 11.8. The molecule has 0 saturated carbocycles. The summed E-state index contributed by atoms with van der Waals surface area (Å²) in [6.07, 6.45) is 1.82. The number of hydrogen-bond donors (Lipinski definition) is 0. The summed E-state index contributed by atoms with van der Waals surface area (Å²) in [4.78, 5) is 15.3. The van der Waals surface area contributed by atoms with Crippen LogP contribution < -0.4 is 0 Å². The van der Waals surface area contributed by atoms with Crippen LogP contribution in [0.25, 0.3) is 111 Å². The summed E-state index contributed by atoms with van der Waals surface area (Å²) in [5, 5.41) is 7.28. The SMILES string of the molecule is c1ccc(-c2ccc3c4cc(-c5ccc6c(c5)c5c7ccccc7ccc5n6-c5ccccc5)ccc4n(-c4nc5ccccc5nc4-c4ccccn4)c3c2)cc1. The van der Waals surface area contributed by atoms with E-state index in [1.54, 1.807) is 0 Å². The fraction of sp³-hybridized carbons (Fsp3) is 0. The summed E-state index contributed by atoms with van der Waals surface area (Å²) in [7, 11) is 0. The third kappa shape index (κ3) is 5.00. The van der Waals surface area contributed by atoms with Gasteiger partial charge in [-0.15, -0.1) is 0 Å². The maximum atomic E-state index is 5.35. The van der Waals surface area contributed by atoms with E-state index < -0.39 is 0 Å². The number of benzene rings is 8. The highest BCUT2D eigenvalue weighted by molar-refractivity contribution is 6.22. The first-order valence-corrected chi connectivity index (χ1v) is 19.6. The highest BCUT2D eigenvalue weighted by atomic mass is 15.1. The van der Waals surface area contributed by atoms with Crippen molar-refractivity contribution in [3.63, 3.8) is 0 Å². The Balaban J connectivity index is 1.13. The van der Waals surface area contributed by atoms with Crippen LogP contribution in [0, 0.1) is 0 Å². The second-order valence-electron chi connectivity index (χ2n) is 14.8. The van der Waals surface area contributed by atoms with Crippen LogP contribution in [0.2, 0.25) is 0 Å². The molecule has 5 heteroatoms. The van der Waals surface area contributed by atoms with Crippen molar-refractivity contribution in [2.45, 2.75) is 0 Å². The Bertz CT molecular complexity index is 3550. The Kier molecular flexibility index (Phi) is 7.16. The number of rotatable bonds is 5. The largest absolute Gasteiger partial charge is 0.309 e. The monoisotopic (exact) mass is 739 g/mol. The van der Waals surface area contributed by atoms with E-state index in [2.05, 4.69) is 161 Å². The molecule has 0 unspecified atom stereocenters. The van der Waals surface area contributed by atoms with Crippen molar-refractivity contribution < 1.29 is 0 Å². The van der Waals surface area contributed by atoms with Crippen LogP contribution in [0.4, 0.5) is 0 Å². The van der Waals surface area contributed by atoms with E-state index >= 15 is 0 Å². The molecule has 0 aliphatic rings. The van der Waals surface area contributed by atoms with Crippen molar-refractivity contribution in [3.8, 4) is 45.1 Å². The summed E-state index contributed by atoms with van der Waals surface area (Å²) in [6.45, 7) is 0. The van der Waals surface area contributed by atoms with Gasteiger partial charge in [0.25, 0.3) is 0 Å². The van der Waals surface area contributed by atoms with Gasteiger partial charge in [-0.3, -0.25) is 9.55 Å². The highest BCUT2D eigenvalue weighted by Gasteiger charge is 2.22. The average molecular weight is 740 g/mol. The van der Waals surface area contributed by atoms with E-state index in [1.807, 2.05) is 48.7 Å². The maximum Gasteiger partial charge on any atom is 0.166 e. The zero-order valence-electron chi connectivity index (χ0n) is 31.3. The molecule has 0 radical (unpaired) electrons. The molecule has 12 rings (SSSR count). The van der Waals surface area contributed by atoms with Crippen LogP contribution in [0.3, 0.4) is 0 Å². The van der Waals surface area contributed by atoms with Crippen molar-refractivity contribution in [2.24, 2.45) is 0 Å². The summed E-state index contributed by atoms with van der Waals surface area (Å²) in [6, 6.07) is 69.0. The molecule has 0 saturated heterocycles. The average Bonchev–Trinajstić information content (AvgIpc) is 3.81. The summed E-state index contributed by atoms with van der Waals surface area (Å²) >= 11 is 0. The molecule has 0 spiro atoms. The van der Waals surface area contributed by atoms with Gasteiger partial charge < -0.3 is 4.57 Å². The second kappa shape index (κ2) is 12.8. The van der Waals surface area contributed by atoms with Gasteiger partial charge in [0.2, 0.25) is 0 Å². The number of para-hydroxylation sites is 3. The third-order valence-corrected chi connectivity index (χ3v) is 11.5. The lowest BCUT2D eigenvalue weighted by Gasteiger charge is -2.14. The van der Waals surface area contributed by atoms with Crippen LogP contribution in [0.5, 0.6) is 0 Å². The molecule has 0 aliphatic heterocycles. The van der Waals surface area contributed by atoms with Crippen molar-refractivity contribution >= 4 is 65.4 Å². The Morgan fingerprint density at radius 1 is 0.362 bits per heavy atom. The zero-order valence-corrected chi connectivity index (χ0v) is 31.3. The molecule has 0 bridgehead atoms. The molecule has 270 valence electrons. The smallest absolute Gasteiger partial charge is 0.166 e. The predicted octanol–water partition coefficient (Wildman–Crippen LogP) is 13.4. The Hall–Kier alpha value is -7.89. The molecule has 0 aliphatic carbocycles. The van der Waals surface area contributed by atoms with Crippen LogP contribution in [-0.4, -0.2) is 24.1 Å². The van der Waals surface area contributed by atoms with Crippen molar-refractivity contribution in [2.75, 3.05) is 0 Å². The van der Waals surface area contributed by atoms with E-state index in [4.69, 9.17) is 15.0 Å². The Labute approximate surface area is 333 Å². The topological polar surface area (TPSA) is 48.5 Å². The van der Waals surface area contributed by atoms with E-state index in [0.29, 0.717) is 0 Å². The zero-order chi connectivity index (χ0) is 38.2. The first kappa shape index (κ1) is 32.4. The van der Waals surface area contributed by atoms with E-state index in [9.17, 15) is 0 Å². The van der Waals surface area contributed by atoms with Crippen molar-refractivity contribution in [1.82, 2.24) is 24.1 Å². The second-order valence-corrected chi connectivity index (χ2v) is 14.8. The number of pyridine rings is 1. The fourth-order valence-electron chi connectivity index (χ4n) is 8.89. The van der Waals surface area contributed by atoms with Crippen LogP contribution >= 0.6 is 0 Å². The molecule has 8 aromatic carbocycles. The first-order chi connectivity index (χ1) is 28.8. The minimum Gasteiger partial charge on any atom is -0.309 e. The van der Waals surface area contributed by atoms with Crippen molar-refractivity contribution in [1.29, 1.82) is 0 Å². The number of hydrogen-bond acceptors (Lipinski definition) is 3. The minimum atomic E-state index is 0.736. The quantitative estimate of drug-likeness (QED) is 0.177. The number of aromatic nitrogens is 5. The first-order valence-electron chi connectivity index (χ1n) is 19.6. The van der Waals surface area contributed by atoms with Gasteiger partial charge in [0, 0.05) is 33.4 Å². The molecule has 12 aromatic rings. The minimum absolute atomic E-state index is 0.736. The maximum absolute atomic E-state index is 5.35. The molecule has 4 heterocycles. The van der Waals surface area contributed by atoms with Crippen molar-refractivity contribution in [3.05, 3.63) is 200 Å². The van der Waals surface area contributed by atoms with Gasteiger partial charge in [0.1, 0.15) is 5.69 Å². The van der Waals surface area contributed by atoms with Gasteiger partial charge >= 0.3 is 0 Å². The van der Waals surface area contributed by atoms with Crippen LogP contribution in [0.1, 0.15) is 0 Å². The summed E-state index contributed by atoms with van der Waals surface area (Å²) in [5.41, 5.74) is 13.4. The standard InChI is InChI=1S/C53H33N5/c1-3-13-34(14-4-1)38-22-26-41-42-31-36(24-27-47(42)58(50(41)33-38)53-52(46-21-11-12-30-54-46)55-44-19-9-10-20-45(44)56-53)37-25-28-48-43(32-37)51-40-18-8-7-15-35(40)23-29-49(51)57(48)39-16-5-2-6-17-39/h1-33H. The molecule has 0 fully saturated rings. The van der Waals surface area contributed by atoms with Gasteiger partial charge in [-0.2, -0.15) is 0 Å². The molecular weight excluding hydrogens is 707 g/mol. The molecule has 0 atom stereocenters. The molecule has 0 amide bonds. The highest BCUT2D eigenvalue weighted by Crippen LogP contribution is 2.42. The van der Waals surface area contributed by atoms with Gasteiger partial charge in [-0.1, -0.05) is 121 Å². The lowest BCUT2D eigenvalue weighted by molar-refractivity contribution is 1.07. The summed E-state index contributed by atoms with van der Waals surface area (Å²) in [5.74, 6) is 0.748. The molecular formula is C53H33N5. The molecule has 58 heavy (non-hydrogen) atoms. The molecule has 5 nitrogen and oxygen atoms in total. The molecule has 4 aromatic heterocycles. The number of nitrogens with zero attached hydrogens (tertiary/aromatic N) is 5. The third-order valence-electron chi connectivity index (χ3n) is 11.5. The molecule has 0 N–H and O–H groups in total. The summed E-state index contributed by atoms with van der Waals surface area (Å²) < 4.78 is 4.68. The van der Waals surface area contributed by atoms with E-state index in [1.165, 1.54) is 32.6 Å². The Morgan fingerprint density at radius 2 is 1.00 bits per heavy atom. The van der Waals surface area contributed by atoms with E-state index in [-0.39, 0.29) is 0 Å². The lowest BCUT2D eigenvalue weighted by Crippen LogP contribution is -2.04. The lowest BCUT2D eigenvalue weighted by atomic mass is 9.98. The van der Waals surface area contributed by atoms with Crippen LogP contribution in [0.15, 0.2) is 200 Å². The van der Waals surface area contributed by atoms with Gasteiger partial charge in [0.15, 0.2) is 5.82 Å². The van der Waals surface area contributed by atoms with Crippen LogP contribution in [-0.2, 0) is 0 Å². The number of fused-ring (bicyclic) bond motifs is 9. The van der Waals surface area contributed by atoms with Gasteiger partial charge in [0.05, 0.1) is 38.8 Å². The van der Waals surface area contributed by atoms with E-state index in [0.717, 1.165) is 78.0 Å². The fourth-order valence-corrected chi connectivity index (χ4v) is 8.89. The van der Waals surface area contributed by atoms with Gasteiger partial charge in [-0.05, 0) is 106 Å². The van der Waals surface area contributed by atoms with Gasteiger partial charge in [-0.25, -0.2) is 9.97 Å². The Morgan fingerprint density at radius 3 is 1.79 bits per heavy atom.